The molecule has 0 radical (unpaired) electrons. The quantitative estimate of drug-likeness (QED) is 0.461. The standard InChI is InChI=1S/C30H38N4O2/c1-32(2)26-14-12-25(13-15-26)29(34-21-19-33(20-22-34)27-7-5-4-6-8-27)23-31-30(35)18-11-24-9-16-28(36-3)17-10-24/h4-10,12-17,29H,11,18-23H2,1-3H3,(H,31,35)/t29-/m0/s1. The number of ether oxygens (including phenoxy) is 1. The van der Waals surface area contributed by atoms with Gasteiger partial charge in [0.25, 0.3) is 0 Å². The van der Waals surface area contributed by atoms with Crippen LogP contribution < -0.4 is 19.9 Å². The van der Waals surface area contributed by atoms with Gasteiger partial charge in [-0.05, 0) is 53.9 Å². The van der Waals surface area contributed by atoms with Crippen molar-refractivity contribution in [1.82, 2.24) is 10.2 Å². The van der Waals surface area contributed by atoms with Crippen LogP contribution in [0.15, 0.2) is 78.9 Å². The molecule has 1 fully saturated rings. The molecular formula is C30H38N4O2. The van der Waals surface area contributed by atoms with Crippen LogP contribution >= 0.6 is 0 Å². The number of methoxy groups -OCH3 is 1. The summed E-state index contributed by atoms with van der Waals surface area (Å²) >= 11 is 0. The summed E-state index contributed by atoms with van der Waals surface area (Å²) in [6.07, 6.45) is 1.19. The van der Waals surface area contributed by atoms with E-state index in [0.29, 0.717) is 19.4 Å². The molecule has 4 rings (SSSR count). The number of nitrogens with one attached hydrogen (secondary N) is 1. The number of para-hydroxylation sites is 1. The van der Waals surface area contributed by atoms with Crippen LogP contribution in [0.4, 0.5) is 11.4 Å². The number of anilines is 2. The van der Waals surface area contributed by atoms with Crippen molar-refractivity contribution in [2.75, 3.05) is 63.7 Å². The molecule has 0 bridgehead atoms. The molecule has 0 aromatic heterocycles. The van der Waals surface area contributed by atoms with Crippen LogP contribution in [-0.4, -0.2) is 64.7 Å². The van der Waals surface area contributed by atoms with Crippen molar-refractivity contribution in [3.8, 4) is 5.75 Å². The summed E-state index contributed by atoms with van der Waals surface area (Å²) in [5.74, 6) is 0.919. The highest BCUT2D eigenvalue weighted by Gasteiger charge is 2.26. The summed E-state index contributed by atoms with van der Waals surface area (Å²) < 4.78 is 5.22. The second-order valence-electron chi connectivity index (χ2n) is 9.51. The zero-order chi connectivity index (χ0) is 25.3. The fourth-order valence-electron chi connectivity index (χ4n) is 4.73. The highest BCUT2D eigenvalue weighted by molar-refractivity contribution is 5.76. The molecule has 36 heavy (non-hydrogen) atoms. The lowest BCUT2D eigenvalue weighted by molar-refractivity contribution is -0.121. The number of hydrogen-bond acceptors (Lipinski definition) is 5. The molecule has 1 atom stereocenters. The first-order valence-corrected chi connectivity index (χ1v) is 12.7. The maximum atomic E-state index is 12.8. The fourth-order valence-corrected chi connectivity index (χ4v) is 4.73. The van der Waals surface area contributed by atoms with E-state index in [2.05, 4.69) is 88.7 Å². The minimum Gasteiger partial charge on any atom is -0.497 e. The van der Waals surface area contributed by atoms with Gasteiger partial charge in [0.05, 0.1) is 13.2 Å². The van der Waals surface area contributed by atoms with Crippen molar-refractivity contribution in [2.24, 2.45) is 0 Å². The normalized spacial score (nSPS) is 14.8. The van der Waals surface area contributed by atoms with Crippen LogP contribution in [0.5, 0.6) is 5.75 Å². The van der Waals surface area contributed by atoms with E-state index < -0.39 is 0 Å². The van der Waals surface area contributed by atoms with E-state index >= 15 is 0 Å². The van der Waals surface area contributed by atoms with Gasteiger partial charge in [0.2, 0.25) is 5.91 Å². The molecule has 1 amide bonds. The molecule has 3 aromatic rings. The van der Waals surface area contributed by atoms with E-state index in [1.165, 1.54) is 16.9 Å². The number of carbonyl (C=O) groups is 1. The van der Waals surface area contributed by atoms with E-state index in [4.69, 9.17) is 4.74 Å². The number of hydrogen-bond donors (Lipinski definition) is 1. The van der Waals surface area contributed by atoms with Gasteiger partial charge in [0.1, 0.15) is 5.75 Å². The molecular weight excluding hydrogens is 448 g/mol. The number of benzene rings is 3. The number of piperazine rings is 1. The minimum atomic E-state index is 0.0867. The Morgan fingerprint density at radius 1 is 0.917 bits per heavy atom. The van der Waals surface area contributed by atoms with Gasteiger partial charge in [-0.2, -0.15) is 0 Å². The molecule has 0 saturated carbocycles. The smallest absolute Gasteiger partial charge is 0.220 e. The average molecular weight is 487 g/mol. The van der Waals surface area contributed by atoms with Gasteiger partial charge in [-0.25, -0.2) is 0 Å². The van der Waals surface area contributed by atoms with Crippen molar-refractivity contribution in [3.05, 3.63) is 90.0 Å². The Kier molecular flexibility index (Phi) is 8.85. The monoisotopic (exact) mass is 486 g/mol. The third-order valence-electron chi connectivity index (χ3n) is 6.96. The third kappa shape index (κ3) is 6.79. The molecule has 6 nitrogen and oxygen atoms in total. The Morgan fingerprint density at radius 3 is 2.19 bits per heavy atom. The van der Waals surface area contributed by atoms with Crippen molar-refractivity contribution in [2.45, 2.75) is 18.9 Å². The SMILES string of the molecule is COc1ccc(CCC(=O)NC[C@@H](c2ccc(N(C)C)cc2)N2CCN(c3ccccc3)CC2)cc1. The second kappa shape index (κ2) is 12.5. The number of nitrogens with zero attached hydrogens (tertiary/aromatic N) is 3. The predicted molar refractivity (Wildman–Crippen MR) is 148 cm³/mol. The summed E-state index contributed by atoms with van der Waals surface area (Å²) in [4.78, 5) is 19.8. The molecule has 1 N–H and O–H groups in total. The van der Waals surface area contributed by atoms with Crippen LogP contribution in [0.25, 0.3) is 0 Å². The van der Waals surface area contributed by atoms with Crippen LogP contribution in [0.1, 0.15) is 23.6 Å². The van der Waals surface area contributed by atoms with Gasteiger partial charge in [0.15, 0.2) is 0 Å². The number of amides is 1. The zero-order valence-electron chi connectivity index (χ0n) is 21.7. The lowest BCUT2D eigenvalue weighted by Gasteiger charge is -2.40. The third-order valence-corrected chi connectivity index (χ3v) is 6.96. The van der Waals surface area contributed by atoms with E-state index in [0.717, 1.165) is 37.5 Å². The number of aryl methyl sites for hydroxylation is 1. The van der Waals surface area contributed by atoms with E-state index in [9.17, 15) is 4.79 Å². The summed E-state index contributed by atoms with van der Waals surface area (Å²) in [5.41, 5.74) is 4.83. The molecule has 1 heterocycles. The molecule has 0 aliphatic carbocycles. The molecule has 6 heteroatoms. The van der Waals surface area contributed by atoms with Gasteiger partial charge in [-0.15, -0.1) is 0 Å². The Hall–Kier alpha value is -3.51. The second-order valence-corrected chi connectivity index (χ2v) is 9.51. The Balaban J connectivity index is 1.38. The maximum Gasteiger partial charge on any atom is 0.220 e. The van der Waals surface area contributed by atoms with E-state index in [1.54, 1.807) is 7.11 Å². The van der Waals surface area contributed by atoms with E-state index in [1.807, 2.05) is 24.3 Å². The fraction of sp³-hybridized carbons (Fsp3) is 0.367. The molecule has 1 aliphatic rings. The largest absolute Gasteiger partial charge is 0.497 e. The van der Waals surface area contributed by atoms with Crippen LogP contribution in [0.2, 0.25) is 0 Å². The maximum absolute atomic E-state index is 12.8. The first-order chi connectivity index (χ1) is 17.5. The lowest BCUT2D eigenvalue weighted by Crippen LogP contribution is -2.50. The Morgan fingerprint density at radius 2 is 1.58 bits per heavy atom. The first kappa shape index (κ1) is 25.6. The summed E-state index contributed by atoms with van der Waals surface area (Å²) in [6, 6.07) is 27.4. The average Bonchev–Trinajstić information content (AvgIpc) is 2.93. The van der Waals surface area contributed by atoms with Gasteiger partial charge in [-0.1, -0.05) is 42.5 Å². The van der Waals surface area contributed by atoms with Crippen molar-refractivity contribution < 1.29 is 9.53 Å². The van der Waals surface area contributed by atoms with Gasteiger partial charge in [-0.3, -0.25) is 9.69 Å². The topological polar surface area (TPSA) is 48.1 Å². The minimum absolute atomic E-state index is 0.0867. The summed E-state index contributed by atoms with van der Waals surface area (Å²) in [7, 11) is 5.77. The van der Waals surface area contributed by atoms with Crippen molar-refractivity contribution in [3.63, 3.8) is 0 Å². The summed E-state index contributed by atoms with van der Waals surface area (Å²) in [5, 5.41) is 3.22. The molecule has 1 aliphatic heterocycles. The van der Waals surface area contributed by atoms with Crippen molar-refractivity contribution in [1.29, 1.82) is 0 Å². The Bertz CT molecular complexity index is 1080. The molecule has 0 unspecified atom stereocenters. The molecule has 3 aromatic carbocycles. The lowest BCUT2D eigenvalue weighted by atomic mass is 10.0. The van der Waals surface area contributed by atoms with Crippen LogP contribution in [0, 0.1) is 0 Å². The predicted octanol–water partition coefficient (Wildman–Crippen LogP) is 4.37. The first-order valence-electron chi connectivity index (χ1n) is 12.7. The van der Waals surface area contributed by atoms with Gasteiger partial charge >= 0.3 is 0 Å². The van der Waals surface area contributed by atoms with E-state index in [-0.39, 0.29) is 11.9 Å². The highest BCUT2D eigenvalue weighted by Crippen LogP contribution is 2.26. The number of carbonyl (C=O) groups excluding carboxylic acids is 1. The molecule has 0 spiro atoms. The van der Waals surface area contributed by atoms with Gasteiger partial charge in [0, 0.05) is 64.6 Å². The Labute approximate surface area is 215 Å². The number of rotatable bonds is 10. The van der Waals surface area contributed by atoms with Crippen LogP contribution in [-0.2, 0) is 11.2 Å². The van der Waals surface area contributed by atoms with Crippen LogP contribution in [0.3, 0.4) is 0 Å². The van der Waals surface area contributed by atoms with Crippen molar-refractivity contribution >= 4 is 17.3 Å². The summed E-state index contributed by atoms with van der Waals surface area (Å²) in [6.45, 7) is 4.46. The van der Waals surface area contributed by atoms with Gasteiger partial charge < -0.3 is 19.9 Å². The zero-order valence-corrected chi connectivity index (χ0v) is 21.7. The highest BCUT2D eigenvalue weighted by atomic mass is 16.5. The molecule has 190 valence electrons. The molecule has 1 saturated heterocycles.